The number of esters is 2. The highest BCUT2D eigenvalue weighted by Crippen LogP contribution is 2.37. The maximum atomic E-state index is 11.9. The highest BCUT2D eigenvalue weighted by molar-refractivity contribution is 5.81. The third-order valence-corrected chi connectivity index (χ3v) is 7.26. The topological polar surface area (TPSA) is 110 Å². The summed E-state index contributed by atoms with van der Waals surface area (Å²) in [6, 6.07) is 10.7. The smallest absolute Gasteiger partial charge is 0.309 e. The molecule has 1 aromatic carbocycles. The zero-order valence-corrected chi connectivity index (χ0v) is 23.4. The Kier molecular flexibility index (Phi) is 13.9. The molecule has 2 fully saturated rings. The van der Waals surface area contributed by atoms with Gasteiger partial charge in [0.2, 0.25) is 0 Å². The fourth-order valence-corrected chi connectivity index (χ4v) is 5.24. The van der Waals surface area contributed by atoms with Crippen LogP contribution in [0.15, 0.2) is 30.3 Å². The third-order valence-electron chi connectivity index (χ3n) is 7.26. The normalized spacial score (nSPS) is 21.3. The molecule has 10 nitrogen and oxygen atoms in total. The summed E-state index contributed by atoms with van der Waals surface area (Å²) < 4.78 is 29.9. The molecule has 0 radical (unpaired) electrons. The van der Waals surface area contributed by atoms with Crippen molar-refractivity contribution in [2.24, 2.45) is 11.8 Å². The number of nitrogens with zero attached hydrogens (tertiary/aromatic N) is 1. The molecule has 2 saturated heterocycles. The van der Waals surface area contributed by atoms with Crippen molar-refractivity contribution in [3.05, 3.63) is 35.9 Å². The van der Waals surface area contributed by atoms with Gasteiger partial charge < -0.3 is 28.4 Å². The molecular formula is C28H43NO9. The highest BCUT2D eigenvalue weighted by atomic mass is 16.7. The van der Waals surface area contributed by atoms with Crippen LogP contribution in [0.4, 0.5) is 0 Å². The Hall–Kier alpha value is -2.37. The SMILES string of the molecule is COC(=O)C(CC(OC)OC)CC(OC)OC.COC(=O)C1CC2CC(=O)CC(C1)N2Cc1ccccc1. The number of hydrogen-bond acceptors (Lipinski definition) is 10. The Morgan fingerprint density at radius 2 is 1.32 bits per heavy atom. The van der Waals surface area contributed by atoms with Crippen molar-refractivity contribution in [2.75, 3.05) is 42.7 Å². The summed E-state index contributed by atoms with van der Waals surface area (Å²) >= 11 is 0. The van der Waals surface area contributed by atoms with Crippen molar-refractivity contribution in [2.45, 2.75) is 69.7 Å². The number of carbonyl (C=O) groups excluding carboxylic acids is 3. The summed E-state index contributed by atoms with van der Waals surface area (Å²) in [5, 5.41) is 0. The predicted molar refractivity (Wildman–Crippen MR) is 139 cm³/mol. The molecule has 0 saturated carbocycles. The fraction of sp³-hybridized carbons (Fsp3) is 0.679. The summed E-state index contributed by atoms with van der Waals surface area (Å²) in [5.74, 6) is -0.570. The van der Waals surface area contributed by atoms with E-state index in [1.807, 2.05) is 18.2 Å². The first-order valence-electron chi connectivity index (χ1n) is 12.9. The van der Waals surface area contributed by atoms with Crippen molar-refractivity contribution in [3.8, 4) is 0 Å². The van der Waals surface area contributed by atoms with Crippen molar-refractivity contribution >= 4 is 17.7 Å². The van der Waals surface area contributed by atoms with E-state index in [-0.39, 0.29) is 29.9 Å². The summed E-state index contributed by atoms with van der Waals surface area (Å²) in [4.78, 5) is 37.7. The van der Waals surface area contributed by atoms with E-state index in [1.165, 1.54) is 48.2 Å². The number of ketones is 1. The van der Waals surface area contributed by atoms with Gasteiger partial charge in [-0.15, -0.1) is 0 Å². The van der Waals surface area contributed by atoms with E-state index in [9.17, 15) is 14.4 Å². The molecule has 0 aromatic heterocycles. The van der Waals surface area contributed by atoms with Crippen LogP contribution in [0, 0.1) is 11.8 Å². The number of fused-ring (bicyclic) bond motifs is 2. The lowest BCUT2D eigenvalue weighted by Crippen LogP contribution is -2.55. The van der Waals surface area contributed by atoms with E-state index in [1.54, 1.807) is 0 Å². The van der Waals surface area contributed by atoms with Crippen LogP contribution in [0.1, 0.15) is 44.1 Å². The lowest BCUT2D eigenvalue weighted by Gasteiger charge is -2.47. The Labute approximate surface area is 225 Å². The molecule has 3 rings (SSSR count). The summed E-state index contributed by atoms with van der Waals surface area (Å²) in [6.45, 7) is 0.858. The van der Waals surface area contributed by atoms with Gasteiger partial charge in [-0.25, -0.2) is 0 Å². The highest BCUT2D eigenvalue weighted by Gasteiger charge is 2.43. The van der Waals surface area contributed by atoms with E-state index in [0.717, 1.165) is 19.4 Å². The molecule has 214 valence electrons. The van der Waals surface area contributed by atoms with Gasteiger partial charge in [-0.3, -0.25) is 19.3 Å². The van der Waals surface area contributed by atoms with Crippen LogP contribution >= 0.6 is 0 Å². The molecule has 2 aliphatic heterocycles. The van der Waals surface area contributed by atoms with Gasteiger partial charge in [0.1, 0.15) is 5.78 Å². The van der Waals surface area contributed by atoms with E-state index < -0.39 is 18.5 Å². The lowest BCUT2D eigenvalue weighted by molar-refractivity contribution is -0.165. The minimum absolute atomic E-state index is 0.0508. The second-order valence-corrected chi connectivity index (χ2v) is 9.60. The quantitative estimate of drug-likeness (QED) is 0.292. The minimum atomic E-state index is -0.450. The van der Waals surface area contributed by atoms with Crippen LogP contribution in [0.5, 0.6) is 0 Å². The van der Waals surface area contributed by atoms with Gasteiger partial charge in [-0.1, -0.05) is 30.3 Å². The van der Waals surface area contributed by atoms with Crippen LogP contribution in [-0.4, -0.2) is 89.9 Å². The lowest BCUT2D eigenvalue weighted by atomic mass is 9.77. The fourth-order valence-electron chi connectivity index (χ4n) is 5.24. The average molecular weight is 538 g/mol. The summed E-state index contributed by atoms with van der Waals surface area (Å²) in [5.41, 5.74) is 1.26. The van der Waals surface area contributed by atoms with E-state index >= 15 is 0 Å². The number of Topliss-reactive ketones (excluding diaryl/α,β-unsaturated/α-hetero) is 1. The second kappa shape index (κ2) is 16.6. The number of methoxy groups -OCH3 is 6. The van der Waals surface area contributed by atoms with E-state index in [2.05, 4.69) is 17.0 Å². The van der Waals surface area contributed by atoms with Gasteiger partial charge in [0.05, 0.1) is 26.1 Å². The summed E-state index contributed by atoms with van der Waals surface area (Å²) in [7, 11) is 8.87. The number of rotatable bonds is 12. The molecule has 1 aromatic rings. The third kappa shape index (κ3) is 9.43. The maximum absolute atomic E-state index is 11.9. The van der Waals surface area contributed by atoms with Crippen LogP contribution in [0.25, 0.3) is 0 Å². The molecular weight excluding hydrogens is 494 g/mol. The van der Waals surface area contributed by atoms with Crippen molar-refractivity contribution in [1.82, 2.24) is 4.90 Å². The number of ether oxygens (including phenoxy) is 6. The molecule has 2 atom stereocenters. The Balaban J connectivity index is 0.000000275. The van der Waals surface area contributed by atoms with Crippen molar-refractivity contribution in [3.63, 3.8) is 0 Å². The zero-order chi connectivity index (χ0) is 28.1. The maximum Gasteiger partial charge on any atom is 0.309 e. The first kappa shape index (κ1) is 31.8. The molecule has 0 spiro atoms. The molecule has 0 amide bonds. The van der Waals surface area contributed by atoms with Gasteiger partial charge in [-0.2, -0.15) is 0 Å². The number of benzene rings is 1. The first-order chi connectivity index (χ1) is 18.3. The molecule has 0 aliphatic carbocycles. The van der Waals surface area contributed by atoms with Gasteiger partial charge in [-0.05, 0) is 18.4 Å². The predicted octanol–water partition coefficient (Wildman–Crippen LogP) is 2.97. The molecule has 10 heteroatoms. The van der Waals surface area contributed by atoms with Gasteiger partial charge in [0.25, 0.3) is 0 Å². The molecule has 2 bridgehead atoms. The number of hydrogen-bond donors (Lipinski definition) is 0. The van der Waals surface area contributed by atoms with Crippen LogP contribution in [0.2, 0.25) is 0 Å². The van der Waals surface area contributed by atoms with E-state index in [0.29, 0.717) is 31.5 Å². The Morgan fingerprint density at radius 1 is 0.816 bits per heavy atom. The molecule has 2 unspecified atom stereocenters. The second-order valence-electron chi connectivity index (χ2n) is 9.60. The average Bonchev–Trinajstić information content (AvgIpc) is 2.93. The summed E-state index contributed by atoms with van der Waals surface area (Å²) in [6.07, 6.45) is 2.49. The van der Waals surface area contributed by atoms with Crippen molar-refractivity contribution in [1.29, 1.82) is 0 Å². The van der Waals surface area contributed by atoms with Gasteiger partial charge in [0.15, 0.2) is 12.6 Å². The minimum Gasteiger partial charge on any atom is -0.469 e. The largest absolute Gasteiger partial charge is 0.469 e. The molecule has 0 N–H and O–H groups in total. The number of piperidine rings is 2. The molecule has 38 heavy (non-hydrogen) atoms. The molecule has 2 heterocycles. The standard InChI is InChI=1S/C17H21NO3.C11H22O6/c1-21-17(20)13-7-14-9-16(19)10-15(8-13)18(14)11-12-5-3-2-4-6-12;1-13-9(14-2)6-8(11(12)17-5)7-10(15-3)16-4/h2-6,13-15H,7-11H2,1H3;8-10H,6-7H2,1-5H3. The van der Waals surface area contributed by atoms with Crippen molar-refractivity contribution < 1.29 is 42.8 Å². The molecule has 2 aliphatic rings. The van der Waals surface area contributed by atoms with Crippen LogP contribution in [-0.2, 0) is 49.3 Å². The Morgan fingerprint density at radius 3 is 1.74 bits per heavy atom. The van der Waals surface area contributed by atoms with E-state index in [4.69, 9.17) is 28.4 Å². The van der Waals surface area contributed by atoms with Crippen LogP contribution in [0.3, 0.4) is 0 Å². The van der Waals surface area contributed by atoms with Crippen LogP contribution < -0.4 is 0 Å². The van der Waals surface area contributed by atoms with Gasteiger partial charge in [0, 0.05) is 72.8 Å². The number of carbonyl (C=O) groups is 3. The first-order valence-corrected chi connectivity index (χ1v) is 12.9. The van der Waals surface area contributed by atoms with Gasteiger partial charge >= 0.3 is 11.9 Å². The monoisotopic (exact) mass is 537 g/mol. The zero-order valence-electron chi connectivity index (χ0n) is 23.4. The Bertz CT molecular complexity index is 825.